The number of para-hydroxylation sites is 1. The second kappa shape index (κ2) is 8.27. The van der Waals surface area contributed by atoms with Crippen LogP contribution in [0, 0.1) is 6.92 Å². The number of hydrogen-bond acceptors (Lipinski definition) is 7. The van der Waals surface area contributed by atoms with Crippen LogP contribution in [0.25, 0.3) is 21.7 Å². The average molecular weight is 410 g/mol. The van der Waals surface area contributed by atoms with Crippen molar-refractivity contribution in [3.8, 4) is 10.8 Å². The summed E-state index contributed by atoms with van der Waals surface area (Å²) in [5, 5.41) is 12.2. The zero-order valence-corrected chi connectivity index (χ0v) is 16.4. The summed E-state index contributed by atoms with van der Waals surface area (Å²) in [5.74, 6) is 0.349. The Bertz CT molecular complexity index is 1150. The fourth-order valence-electron chi connectivity index (χ4n) is 2.79. The average Bonchev–Trinajstić information content (AvgIpc) is 3.46. The standard InChI is InChI=1S/C20H18N4O4S/c1-12-15(22-20(28-12)16-7-4-10-29-16)11-27-17(25)8-9-21-19(26)18-13-5-2-3-6-14(13)23-24-18/h2-7,10H,8-9,11H2,1H3,(H,21,26)(H,23,24). The minimum absolute atomic E-state index is 0.0253. The predicted octanol–water partition coefficient (Wildman–Crippen LogP) is 3.45. The van der Waals surface area contributed by atoms with E-state index in [4.69, 9.17) is 9.15 Å². The molecular weight excluding hydrogens is 392 g/mol. The molecule has 0 aliphatic rings. The number of ether oxygens (including phenoxy) is 1. The van der Waals surface area contributed by atoms with Crippen molar-refractivity contribution in [3.05, 3.63) is 58.9 Å². The van der Waals surface area contributed by atoms with E-state index in [2.05, 4.69) is 20.5 Å². The van der Waals surface area contributed by atoms with Crippen LogP contribution in [0.3, 0.4) is 0 Å². The van der Waals surface area contributed by atoms with Gasteiger partial charge in [0, 0.05) is 11.9 Å². The van der Waals surface area contributed by atoms with E-state index >= 15 is 0 Å². The van der Waals surface area contributed by atoms with Gasteiger partial charge in [-0.05, 0) is 24.4 Å². The Kier molecular flexibility index (Phi) is 5.39. The number of oxazole rings is 1. The maximum atomic E-state index is 12.3. The summed E-state index contributed by atoms with van der Waals surface area (Å²) < 4.78 is 10.9. The largest absolute Gasteiger partial charge is 0.459 e. The Morgan fingerprint density at radius 2 is 2.10 bits per heavy atom. The van der Waals surface area contributed by atoms with Crippen molar-refractivity contribution in [3.63, 3.8) is 0 Å². The van der Waals surface area contributed by atoms with E-state index in [0.29, 0.717) is 23.0 Å². The molecule has 2 N–H and O–H groups in total. The molecule has 0 aliphatic heterocycles. The number of rotatable bonds is 7. The minimum Gasteiger partial charge on any atom is -0.459 e. The lowest BCUT2D eigenvalue weighted by Crippen LogP contribution is -2.27. The lowest BCUT2D eigenvalue weighted by molar-refractivity contribution is -0.144. The molecule has 0 saturated carbocycles. The zero-order chi connectivity index (χ0) is 20.2. The molecule has 148 valence electrons. The number of carbonyl (C=O) groups is 2. The van der Waals surface area contributed by atoms with Crippen LogP contribution in [0.2, 0.25) is 0 Å². The number of aromatic amines is 1. The molecular formula is C20H18N4O4S. The topological polar surface area (TPSA) is 110 Å². The molecule has 8 nitrogen and oxygen atoms in total. The highest BCUT2D eigenvalue weighted by molar-refractivity contribution is 7.13. The van der Waals surface area contributed by atoms with Crippen LogP contribution in [0.5, 0.6) is 0 Å². The molecule has 3 aromatic heterocycles. The summed E-state index contributed by atoms with van der Waals surface area (Å²) >= 11 is 1.52. The Hall–Kier alpha value is -3.46. The minimum atomic E-state index is -0.433. The summed E-state index contributed by atoms with van der Waals surface area (Å²) in [6.45, 7) is 1.95. The van der Waals surface area contributed by atoms with Crippen molar-refractivity contribution < 1.29 is 18.7 Å². The number of benzene rings is 1. The second-order valence-corrected chi connectivity index (χ2v) is 7.23. The number of amides is 1. The first-order valence-electron chi connectivity index (χ1n) is 8.99. The first-order chi connectivity index (χ1) is 14.1. The van der Waals surface area contributed by atoms with Crippen LogP contribution in [0.4, 0.5) is 0 Å². The number of aromatic nitrogens is 3. The molecule has 3 heterocycles. The number of nitrogens with zero attached hydrogens (tertiary/aromatic N) is 2. The molecule has 4 aromatic rings. The van der Waals surface area contributed by atoms with Gasteiger partial charge < -0.3 is 14.5 Å². The van der Waals surface area contributed by atoms with Gasteiger partial charge in [-0.15, -0.1) is 11.3 Å². The number of fused-ring (bicyclic) bond motifs is 1. The number of nitrogens with one attached hydrogen (secondary N) is 2. The lowest BCUT2D eigenvalue weighted by atomic mass is 10.2. The van der Waals surface area contributed by atoms with Crippen LogP contribution in [-0.4, -0.2) is 33.6 Å². The van der Waals surface area contributed by atoms with Crippen molar-refractivity contribution in [2.75, 3.05) is 6.54 Å². The van der Waals surface area contributed by atoms with Crippen LogP contribution in [-0.2, 0) is 16.1 Å². The second-order valence-electron chi connectivity index (χ2n) is 6.28. The number of thiophene rings is 1. The van der Waals surface area contributed by atoms with Gasteiger partial charge in [0.05, 0.1) is 16.8 Å². The van der Waals surface area contributed by atoms with E-state index in [0.717, 1.165) is 15.8 Å². The third-order valence-electron chi connectivity index (χ3n) is 4.29. The maximum Gasteiger partial charge on any atom is 0.307 e. The first kappa shape index (κ1) is 18.9. The maximum absolute atomic E-state index is 12.3. The molecule has 0 radical (unpaired) electrons. The van der Waals surface area contributed by atoms with E-state index in [1.807, 2.05) is 41.8 Å². The number of esters is 1. The molecule has 4 rings (SSSR count). The SMILES string of the molecule is Cc1oc(-c2cccs2)nc1COC(=O)CCNC(=O)c1n[nH]c2ccccc12. The van der Waals surface area contributed by atoms with E-state index in [-0.39, 0.29) is 25.5 Å². The summed E-state index contributed by atoms with van der Waals surface area (Å²) in [6.07, 6.45) is 0.0444. The van der Waals surface area contributed by atoms with Crippen molar-refractivity contribution in [2.24, 2.45) is 0 Å². The Morgan fingerprint density at radius 1 is 1.24 bits per heavy atom. The summed E-state index contributed by atoms with van der Waals surface area (Å²) in [6, 6.07) is 11.2. The number of carbonyl (C=O) groups excluding carboxylic acids is 2. The highest BCUT2D eigenvalue weighted by Crippen LogP contribution is 2.26. The third-order valence-corrected chi connectivity index (χ3v) is 5.15. The van der Waals surface area contributed by atoms with Crippen LogP contribution < -0.4 is 5.32 Å². The smallest absolute Gasteiger partial charge is 0.307 e. The Morgan fingerprint density at radius 3 is 2.93 bits per heavy atom. The highest BCUT2D eigenvalue weighted by atomic mass is 32.1. The Labute approximate surface area is 169 Å². The Balaban J connectivity index is 1.26. The number of aryl methyl sites for hydroxylation is 1. The molecule has 0 aliphatic carbocycles. The number of hydrogen-bond donors (Lipinski definition) is 2. The molecule has 9 heteroatoms. The first-order valence-corrected chi connectivity index (χ1v) is 9.87. The molecule has 1 aromatic carbocycles. The van der Waals surface area contributed by atoms with E-state index in [1.54, 1.807) is 6.92 Å². The van der Waals surface area contributed by atoms with Gasteiger partial charge in [-0.25, -0.2) is 4.98 Å². The normalized spacial score (nSPS) is 10.9. The third kappa shape index (κ3) is 4.19. The quantitative estimate of drug-likeness (QED) is 0.452. The van der Waals surface area contributed by atoms with Gasteiger partial charge >= 0.3 is 5.97 Å². The van der Waals surface area contributed by atoms with Crippen LogP contribution >= 0.6 is 11.3 Å². The van der Waals surface area contributed by atoms with Gasteiger partial charge in [-0.1, -0.05) is 24.3 Å². The summed E-state index contributed by atoms with van der Waals surface area (Å²) in [4.78, 5) is 29.6. The van der Waals surface area contributed by atoms with Crippen molar-refractivity contribution in [1.29, 1.82) is 0 Å². The summed E-state index contributed by atoms with van der Waals surface area (Å²) in [5.41, 5.74) is 1.66. The highest BCUT2D eigenvalue weighted by Gasteiger charge is 2.16. The van der Waals surface area contributed by atoms with E-state index < -0.39 is 5.97 Å². The van der Waals surface area contributed by atoms with Crippen molar-refractivity contribution in [2.45, 2.75) is 20.0 Å². The molecule has 0 spiro atoms. The monoisotopic (exact) mass is 410 g/mol. The fourth-order valence-corrected chi connectivity index (χ4v) is 3.44. The van der Waals surface area contributed by atoms with Gasteiger partial charge in [-0.3, -0.25) is 14.7 Å². The van der Waals surface area contributed by atoms with Gasteiger partial charge in [-0.2, -0.15) is 5.10 Å². The molecule has 0 fully saturated rings. The van der Waals surface area contributed by atoms with Crippen molar-refractivity contribution >= 4 is 34.1 Å². The molecule has 0 saturated heterocycles. The van der Waals surface area contributed by atoms with E-state index in [1.165, 1.54) is 11.3 Å². The lowest BCUT2D eigenvalue weighted by Gasteiger charge is -2.05. The molecule has 29 heavy (non-hydrogen) atoms. The number of H-pyrrole nitrogens is 1. The van der Waals surface area contributed by atoms with Gasteiger partial charge in [0.25, 0.3) is 5.91 Å². The van der Waals surface area contributed by atoms with Crippen LogP contribution in [0.15, 0.2) is 46.2 Å². The van der Waals surface area contributed by atoms with E-state index in [9.17, 15) is 9.59 Å². The van der Waals surface area contributed by atoms with Crippen molar-refractivity contribution in [1.82, 2.24) is 20.5 Å². The molecule has 0 atom stereocenters. The fraction of sp³-hybridized carbons (Fsp3) is 0.200. The zero-order valence-electron chi connectivity index (χ0n) is 15.6. The van der Waals surface area contributed by atoms with Crippen LogP contribution in [0.1, 0.15) is 28.4 Å². The predicted molar refractivity (Wildman–Crippen MR) is 107 cm³/mol. The van der Waals surface area contributed by atoms with Gasteiger partial charge in [0.15, 0.2) is 5.69 Å². The molecule has 0 bridgehead atoms. The summed E-state index contributed by atoms with van der Waals surface area (Å²) in [7, 11) is 0. The van der Waals surface area contributed by atoms with Gasteiger partial charge in [0.1, 0.15) is 18.1 Å². The van der Waals surface area contributed by atoms with Gasteiger partial charge in [0.2, 0.25) is 5.89 Å². The molecule has 0 unspecified atom stereocenters. The molecule has 1 amide bonds.